The smallest absolute Gasteiger partial charge is 0.251 e. The average molecular weight is 475 g/mol. The first-order chi connectivity index (χ1) is 16.4. The van der Waals surface area contributed by atoms with Gasteiger partial charge in [-0.25, -0.2) is 18.4 Å². The Morgan fingerprint density at radius 3 is 2.71 bits per heavy atom. The van der Waals surface area contributed by atoms with Crippen molar-refractivity contribution in [1.82, 2.24) is 10.3 Å². The van der Waals surface area contributed by atoms with Crippen molar-refractivity contribution in [2.75, 3.05) is 5.32 Å². The van der Waals surface area contributed by atoms with E-state index in [0.29, 0.717) is 16.8 Å². The van der Waals surface area contributed by atoms with E-state index in [0.717, 1.165) is 12.8 Å². The molecule has 0 atom stereocenters. The number of carbonyl (C=O) groups excluding carboxylic acids is 1. The van der Waals surface area contributed by atoms with Crippen LogP contribution in [0.1, 0.15) is 34.5 Å². The number of guanidine groups is 1. The van der Waals surface area contributed by atoms with E-state index in [4.69, 9.17) is 11.0 Å². The van der Waals surface area contributed by atoms with Crippen molar-refractivity contribution >= 4 is 27.4 Å². The molecule has 4 N–H and O–H groups in total. The Balaban J connectivity index is 1.56. The Kier molecular flexibility index (Phi) is 6.56. The largest absolute Gasteiger partial charge is 0.370 e. The summed E-state index contributed by atoms with van der Waals surface area (Å²) in [6.45, 7) is 0.00623. The third kappa shape index (κ3) is 5.39. The van der Waals surface area contributed by atoms with E-state index in [2.05, 4.69) is 20.6 Å². The average Bonchev–Trinajstić information content (AvgIpc) is 3.67. The molecule has 172 valence electrons. The van der Waals surface area contributed by atoms with Crippen molar-refractivity contribution in [1.29, 1.82) is 5.26 Å². The molecule has 0 unspecified atom stereocenters. The third-order valence-corrected chi connectivity index (χ3v) is 7.00. The van der Waals surface area contributed by atoms with E-state index in [1.165, 1.54) is 30.5 Å². The van der Waals surface area contributed by atoms with Crippen molar-refractivity contribution < 1.29 is 13.2 Å². The quantitative estimate of drug-likeness (QED) is 0.352. The normalized spacial score (nSPS) is 13.7. The lowest BCUT2D eigenvalue weighted by atomic mass is 10.2. The van der Waals surface area contributed by atoms with Gasteiger partial charge in [-0.3, -0.25) is 4.79 Å². The summed E-state index contributed by atoms with van der Waals surface area (Å²) in [4.78, 5) is 20.6. The molecule has 10 heteroatoms. The van der Waals surface area contributed by atoms with Crippen LogP contribution in [0.25, 0.3) is 0 Å². The number of amides is 1. The predicted molar refractivity (Wildman–Crippen MR) is 127 cm³/mol. The second-order valence-corrected chi connectivity index (χ2v) is 9.67. The number of nitrogens with two attached hydrogens (primary N) is 1. The number of nitriles is 1. The van der Waals surface area contributed by atoms with Crippen molar-refractivity contribution in [2.45, 2.75) is 35.2 Å². The highest BCUT2D eigenvalue weighted by Gasteiger charge is 2.25. The summed E-state index contributed by atoms with van der Waals surface area (Å²) >= 11 is 0. The SMILES string of the molecule is N#Cc1cc(NC(N)=NCc2ccccc2S(=O)(=O)c2cccc(C(=O)NC3CC3)c2)ccn1. The molecule has 1 aromatic heterocycles. The second kappa shape index (κ2) is 9.72. The van der Waals surface area contributed by atoms with Gasteiger partial charge in [-0.2, -0.15) is 5.26 Å². The van der Waals surface area contributed by atoms with Crippen LogP contribution in [0.3, 0.4) is 0 Å². The van der Waals surface area contributed by atoms with E-state index in [1.54, 1.807) is 36.4 Å². The number of hydrogen-bond acceptors (Lipinski definition) is 6. The molecule has 0 spiro atoms. The first-order valence-corrected chi connectivity index (χ1v) is 12.0. The number of sulfone groups is 1. The minimum atomic E-state index is -3.91. The van der Waals surface area contributed by atoms with Crippen LogP contribution in [-0.4, -0.2) is 31.3 Å². The van der Waals surface area contributed by atoms with E-state index in [-0.39, 0.29) is 39.9 Å². The molecule has 0 aliphatic heterocycles. The Bertz CT molecular complexity index is 1410. The maximum Gasteiger partial charge on any atom is 0.251 e. The number of nitrogens with one attached hydrogen (secondary N) is 2. The summed E-state index contributed by atoms with van der Waals surface area (Å²) in [5.74, 6) is -0.229. The van der Waals surface area contributed by atoms with Gasteiger partial charge in [0.15, 0.2) is 5.96 Å². The molecule has 0 saturated heterocycles. The number of benzene rings is 2. The van der Waals surface area contributed by atoms with Crippen molar-refractivity contribution in [3.05, 3.63) is 83.7 Å². The highest BCUT2D eigenvalue weighted by Crippen LogP contribution is 2.26. The maximum atomic E-state index is 13.4. The molecular weight excluding hydrogens is 452 g/mol. The topological polar surface area (TPSA) is 150 Å². The van der Waals surface area contributed by atoms with E-state index in [9.17, 15) is 13.2 Å². The van der Waals surface area contributed by atoms with Crippen LogP contribution in [0.15, 0.2) is 81.6 Å². The molecule has 4 rings (SSSR count). The molecule has 1 fully saturated rings. The monoisotopic (exact) mass is 474 g/mol. The van der Waals surface area contributed by atoms with Crippen molar-refractivity contribution in [3.63, 3.8) is 0 Å². The van der Waals surface area contributed by atoms with Crippen LogP contribution in [0.4, 0.5) is 5.69 Å². The predicted octanol–water partition coefficient (Wildman–Crippen LogP) is 2.61. The van der Waals surface area contributed by atoms with Gasteiger partial charge in [0.1, 0.15) is 11.8 Å². The molecule has 34 heavy (non-hydrogen) atoms. The van der Waals surface area contributed by atoms with Gasteiger partial charge < -0.3 is 16.4 Å². The van der Waals surface area contributed by atoms with Gasteiger partial charge >= 0.3 is 0 Å². The fraction of sp³-hybridized carbons (Fsp3) is 0.167. The van der Waals surface area contributed by atoms with Crippen LogP contribution in [-0.2, 0) is 16.4 Å². The lowest BCUT2D eigenvalue weighted by Crippen LogP contribution is -2.25. The molecule has 1 aliphatic carbocycles. The van der Waals surface area contributed by atoms with Gasteiger partial charge in [-0.1, -0.05) is 24.3 Å². The Labute approximate surface area is 197 Å². The maximum absolute atomic E-state index is 13.4. The molecule has 9 nitrogen and oxygen atoms in total. The number of hydrogen-bond donors (Lipinski definition) is 3. The Morgan fingerprint density at radius 1 is 1.15 bits per heavy atom. The van der Waals surface area contributed by atoms with Crippen LogP contribution in [0, 0.1) is 11.3 Å². The highest BCUT2D eigenvalue weighted by atomic mass is 32.2. The fourth-order valence-electron chi connectivity index (χ4n) is 3.25. The zero-order chi connectivity index (χ0) is 24.1. The fourth-order valence-corrected chi connectivity index (χ4v) is 4.78. The molecule has 2 aromatic carbocycles. The molecule has 1 amide bonds. The molecule has 1 heterocycles. The van der Waals surface area contributed by atoms with Crippen LogP contribution in [0.2, 0.25) is 0 Å². The first-order valence-electron chi connectivity index (χ1n) is 10.5. The summed E-state index contributed by atoms with van der Waals surface area (Å²) in [5.41, 5.74) is 7.46. The number of carbonyl (C=O) groups is 1. The van der Waals surface area contributed by atoms with E-state index in [1.807, 2.05) is 6.07 Å². The van der Waals surface area contributed by atoms with Gasteiger partial charge in [0, 0.05) is 23.5 Å². The summed E-state index contributed by atoms with van der Waals surface area (Å²) < 4.78 is 26.8. The number of aliphatic imine (C=N–C) groups is 1. The molecule has 1 aliphatic rings. The van der Waals surface area contributed by atoms with Gasteiger partial charge in [-0.05, 0) is 54.8 Å². The number of pyridine rings is 1. The molecule has 0 radical (unpaired) electrons. The van der Waals surface area contributed by atoms with Crippen molar-refractivity contribution in [2.24, 2.45) is 10.7 Å². The Hall–Kier alpha value is -4.23. The minimum absolute atomic E-state index is 0.00623. The number of aromatic nitrogens is 1. The van der Waals surface area contributed by atoms with Crippen LogP contribution < -0.4 is 16.4 Å². The summed E-state index contributed by atoms with van der Waals surface area (Å²) in [5, 5.41) is 14.7. The van der Waals surface area contributed by atoms with Gasteiger partial charge in [-0.15, -0.1) is 0 Å². The lowest BCUT2D eigenvalue weighted by Gasteiger charge is -2.11. The van der Waals surface area contributed by atoms with Gasteiger partial charge in [0.05, 0.1) is 16.3 Å². The molecule has 1 saturated carbocycles. The molecule has 0 bridgehead atoms. The lowest BCUT2D eigenvalue weighted by molar-refractivity contribution is 0.0951. The highest BCUT2D eigenvalue weighted by molar-refractivity contribution is 7.91. The summed E-state index contributed by atoms with van der Waals surface area (Å²) in [7, 11) is -3.91. The standard InChI is InChI=1S/C24H22N6O3S/c25-14-20-13-19(10-11-27-20)30-24(26)28-15-17-4-1-2-7-22(17)34(32,33)21-6-3-5-16(12-21)23(31)29-18-8-9-18/h1-7,10-13,18H,8-9,15H2,(H,29,31)(H3,26,27,28,30). The van der Waals surface area contributed by atoms with Crippen LogP contribution in [0.5, 0.6) is 0 Å². The minimum Gasteiger partial charge on any atom is -0.370 e. The zero-order valence-electron chi connectivity index (χ0n) is 18.1. The summed E-state index contributed by atoms with van der Waals surface area (Å²) in [6, 6.07) is 17.8. The first kappa shape index (κ1) is 22.9. The van der Waals surface area contributed by atoms with E-state index >= 15 is 0 Å². The second-order valence-electron chi connectivity index (χ2n) is 7.75. The van der Waals surface area contributed by atoms with Crippen LogP contribution >= 0.6 is 0 Å². The number of anilines is 1. The van der Waals surface area contributed by atoms with Crippen molar-refractivity contribution in [3.8, 4) is 6.07 Å². The molecular formula is C24H22N6O3S. The summed E-state index contributed by atoms with van der Waals surface area (Å²) in [6.07, 6.45) is 3.35. The number of nitrogens with zero attached hydrogens (tertiary/aromatic N) is 3. The molecule has 3 aromatic rings. The Morgan fingerprint density at radius 2 is 1.94 bits per heavy atom. The zero-order valence-corrected chi connectivity index (χ0v) is 18.9. The third-order valence-electron chi connectivity index (χ3n) is 5.15. The van der Waals surface area contributed by atoms with Gasteiger partial charge in [0.2, 0.25) is 9.84 Å². The van der Waals surface area contributed by atoms with E-state index < -0.39 is 9.84 Å². The number of rotatable bonds is 7. The van der Waals surface area contributed by atoms with Gasteiger partial charge in [0.25, 0.3) is 5.91 Å².